The van der Waals surface area contributed by atoms with Gasteiger partial charge < -0.3 is 15.0 Å². The molecule has 3 aromatic rings. The van der Waals surface area contributed by atoms with Gasteiger partial charge in [0.15, 0.2) is 10.8 Å². The first-order valence-electron chi connectivity index (χ1n) is 11.2. The molecule has 1 aromatic carbocycles. The molecule has 0 radical (unpaired) electrons. The lowest BCUT2D eigenvalue weighted by Crippen LogP contribution is -2.44. The third-order valence-corrected chi connectivity index (χ3v) is 7.46. The van der Waals surface area contributed by atoms with Crippen LogP contribution < -0.4 is 10.2 Å². The summed E-state index contributed by atoms with van der Waals surface area (Å²) < 4.78 is 8.67. The molecular weight excluding hydrogens is 410 g/mol. The van der Waals surface area contributed by atoms with E-state index in [9.17, 15) is 4.79 Å². The Hall–Kier alpha value is -2.45. The van der Waals surface area contributed by atoms with E-state index in [0.29, 0.717) is 13.1 Å². The molecule has 2 fully saturated rings. The van der Waals surface area contributed by atoms with Crippen LogP contribution >= 0.6 is 11.3 Å². The lowest BCUT2D eigenvalue weighted by atomic mass is 9.97. The monoisotopic (exact) mass is 439 g/mol. The minimum Gasteiger partial charge on any atom is -0.376 e. The quantitative estimate of drug-likeness (QED) is 0.658. The number of ether oxygens (including phenoxy) is 1. The summed E-state index contributed by atoms with van der Waals surface area (Å²) in [6, 6.07) is 8.34. The van der Waals surface area contributed by atoms with E-state index >= 15 is 0 Å². The molecule has 4 heterocycles. The molecule has 0 spiro atoms. The van der Waals surface area contributed by atoms with Crippen LogP contribution in [0.25, 0.3) is 16.0 Å². The zero-order valence-electron chi connectivity index (χ0n) is 18.1. The topological polar surface area (TPSA) is 72.3 Å². The van der Waals surface area contributed by atoms with Gasteiger partial charge in [0.05, 0.1) is 28.1 Å². The predicted molar refractivity (Wildman–Crippen MR) is 123 cm³/mol. The van der Waals surface area contributed by atoms with Crippen molar-refractivity contribution in [3.63, 3.8) is 0 Å². The number of hydrogen-bond donors (Lipinski definition) is 1. The van der Waals surface area contributed by atoms with Crippen molar-refractivity contribution < 1.29 is 9.53 Å². The Bertz CT molecular complexity index is 1070. The van der Waals surface area contributed by atoms with E-state index in [-0.39, 0.29) is 17.9 Å². The van der Waals surface area contributed by atoms with Gasteiger partial charge >= 0.3 is 0 Å². The highest BCUT2D eigenvalue weighted by molar-refractivity contribution is 7.22. The Balaban J connectivity index is 1.32. The maximum absolute atomic E-state index is 12.8. The number of carbonyl (C=O) groups is 1. The maximum Gasteiger partial charge on any atom is 0.224 e. The van der Waals surface area contributed by atoms with Gasteiger partial charge in [0, 0.05) is 26.2 Å². The van der Waals surface area contributed by atoms with Crippen LogP contribution in [0.3, 0.4) is 0 Å². The van der Waals surface area contributed by atoms with E-state index in [4.69, 9.17) is 14.8 Å². The van der Waals surface area contributed by atoms with Gasteiger partial charge in [-0.2, -0.15) is 10.1 Å². The van der Waals surface area contributed by atoms with Crippen molar-refractivity contribution in [2.24, 2.45) is 5.92 Å². The first kappa shape index (κ1) is 20.5. The first-order valence-corrected chi connectivity index (χ1v) is 12.0. The van der Waals surface area contributed by atoms with Crippen LogP contribution in [0.15, 0.2) is 24.3 Å². The van der Waals surface area contributed by atoms with Crippen molar-refractivity contribution in [2.75, 3.05) is 31.1 Å². The number of amides is 1. The third kappa shape index (κ3) is 4.19. The van der Waals surface area contributed by atoms with Gasteiger partial charge in [-0.1, -0.05) is 29.0 Å². The van der Waals surface area contributed by atoms with E-state index in [1.165, 1.54) is 5.56 Å². The number of aromatic nitrogens is 3. The maximum atomic E-state index is 12.8. The number of benzene rings is 1. The average molecular weight is 440 g/mol. The molecule has 2 atom stereocenters. The van der Waals surface area contributed by atoms with E-state index in [1.54, 1.807) is 11.3 Å². The Kier molecular flexibility index (Phi) is 5.67. The Labute approximate surface area is 186 Å². The molecule has 7 nitrogen and oxygen atoms in total. The van der Waals surface area contributed by atoms with Crippen LogP contribution in [0.2, 0.25) is 0 Å². The normalized spacial score (nSPS) is 21.7. The van der Waals surface area contributed by atoms with Crippen LogP contribution in [-0.2, 0) is 9.53 Å². The standard InChI is InChI=1S/C23H29N5O2S/c1-15-7-9-18(10-8-15)28-21-20(16(2)26-28)31-23(25-21)27-11-3-5-17(14-27)22(29)24-13-19-6-4-12-30-19/h7-10,17,19H,3-6,11-14H2,1-2H3,(H,24,29)/t17-,19+/m1/s1. The summed E-state index contributed by atoms with van der Waals surface area (Å²) in [7, 11) is 0. The number of rotatable bonds is 5. The Morgan fingerprint density at radius 1 is 1.23 bits per heavy atom. The number of anilines is 1. The second-order valence-electron chi connectivity index (χ2n) is 8.65. The lowest BCUT2D eigenvalue weighted by Gasteiger charge is -2.31. The largest absolute Gasteiger partial charge is 0.376 e. The molecule has 1 amide bonds. The molecule has 164 valence electrons. The molecule has 0 aliphatic carbocycles. The van der Waals surface area contributed by atoms with Gasteiger partial charge in [0.1, 0.15) is 0 Å². The van der Waals surface area contributed by atoms with Crippen LogP contribution in [0.5, 0.6) is 0 Å². The van der Waals surface area contributed by atoms with Gasteiger partial charge in [-0.15, -0.1) is 0 Å². The second kappa shape index (κ2) is 8.59. The zero-order chi connectivity index (χ0) is 21.4. The average Bonchev–Trinajstić information content (AvgIpc) is 3.52. The molecular formula is C23H29N5O2S. The molecule has 0 saturated carbocycles. The molecule has 5 rings (SSSR count). The SMILES string of the molecule is Cc1ccc(-n2nc(C)c3sc(N4CCC[C@@H](C(=O)NC[C@@H]5CCCO5)C4)nc32)cc1. The van der Waals surface area contributed by atoms with Crippen molar-refractivity contribution in [3.8, 4) is 5.69 Å². The summed E-state index contributed by atoms with van der Waals surface area (Å²) in [5, 5.41) is 8.80. The summed E-state index contributed by atoms with van der Waals surface area (Å²) in [4.78, 5) is 20.0. The number of aryl methyl sites for hydroxylation is 2. The number of piperidine rings is 1. The number of carbonyl (C=O) groups excluding carboxylic acids is 1. The number of thiazole rings is 1. The second-order valence-corrected chi connectivity index (χ2v) is 9.62. The highest BCUT2D eigenvalue weighted by Crippen LogP contribution is 2.34. The fraction of sp³-hybridized carbons (Fsp3) is 0.522. The van der Waals surface area contributed by atoms with Crippen LogP contribution in [-0.4, -0.2) is 53.0 Å². The molecule has 2 aliphatic heterocycles. The fourth-order valence-electron chi connectivity index (χ4n) is 4.45. The minimum absolute atomic E-state index is 0.00291. The predicted octanol–water partition coefficient (Wildman–Crippen LogP) is 3.61. The molecule has 1 N–H and O–H groups in total. The Morgan fingerprint density at radius 2 is 2.06 bits per heavy atom. The van der Waals surface area contributed by atoms with E-state index in [0.717, 1.165) is 65.7 Å². The highest BCUT2D eigenvalue weighted by Gasteiger charge is 2.29. The third-order valence-electron chi connectivity index (χ3n) is 6.25. The molecule has 0 unspecified atom stereocenters. The number of hydrogen-bond acceptors (Lipinski definition) is 6. The molecule has 2 saturated heterocycles. The van der Waals surface area contributed by atoms with Crippen LogP contribution in [0, 0.1) is 19.8 Å². The fourth-order valence-corrected chi connectivity index (χ4v) is 5.47. The first-order chi connectivity index (χ1) is 15.1. The minimum atomic E-state index is -0.00291. The number of fused-ring (bicyclic) bond motifs is 1. The van der Waals surface area contributed by atoms with Gasteiger partial charge in [-0.25, -0.2) is 4.68 Å². The van der Waals surface area contributed by atoms with E-state index in [2.05, 4.69) is 41.4 Å². The molecule has 8 heteroatoms. The summed E-state index contributed by atoms with van der Waals surface area (Å²) in [5.41, 5.74) is 4.12. The van der Waals surface area contributed by atoms with Crippen molar-refractivity contribution >= 4 is 32.7 Å². The molecule has 2 aliphatic rings. The van der Waals surface area contributed by atoms with Crippen molar-refractivity contribution in [2.45, 2.75) is 45.6 Å². The van der Waals surface area contributed by atoms with Crippen LogP contribution in [0.1, 0.15) is 36.9 Å². The van der Waals surface area contributed by atoms with Gasteiger partial charge in [0.2, 0.25) is 5.91 Å². The van der Waals surface area contributed by atoms with Crippen LogP contribution in [0.4, 0.5) is 5.13 Å². The van der Waals surface area contributed by atoms with Gasteiger partial charge in [0.25, 0.3) is 0 Å². The van der Waals surface area contributed by atoms with E-state index in [1.807, 2.05) is 11.6 Å². The summed E-state index contributed by atoms with van der Waals surface area (Å²) in [5.74, 6) is 0.139. The van der Waals surface area contributed by atoms with Crippen molar-refractivity contribution in [3.05, 3.63) is 35.5 Å². The smallest absolute Gasteiger partial charge is 0.224 e. The van der Waals surface area contributed by atoms with Gasteiger partial charge in [-0.3, -0.25) is 4.79 Å². The van der Waals surface area contributed by atoms with Crippen molar-refractivity contribution in [1.29, 1.82) is 0 Å². The molecule has 2 aromatic heterocycles. The highest BCUT2D eigenvalue weighted by atomic mass is 32.1. The molecule has 31 heavy (non-hydrogen) atoms. The van der Waals surface area contributed by atoms with Gasteiger partial charge in [-0.05, 0) is 51.7 Å². The lowest BCUT2D eigenvalue weighted by molar-refractivity contribution is -0.125. The summed E-state index contributed by atoms with van der Waals surface area (Å²) in [6.07, 6.45) is 4.24. The number of nitrogens with zero attached hydrogens (tertiary/aromatic N) is 4. The summed E-state index contributed by atoms with van der Waals surface area (Å²) >= 11 is 1.68. The van der Waals surface area contributed by atoms with Crippen molar-refractivity contribution in [1.82, 2.24) is 20.1 Å². The zero-order valence-corrected chi connectivity index (χ0v) is 19.0. The number of nitrogens with one attached hydrogen (secondary N) is 1. The Morgan fingerprint density at radius 3 is 2.84 bits per heavy atom. The molecule has 0 bridgehead atoms. The summed E-state index contributed by atoms with van der Waals surface area (Å²) in [6.45, 7) is 7.20. The van der Waals surface area contributed by atoms with E-state index < -0.39 is 0 Å².